The van der Waals surface area contributed by atoms with E-state index in [9.17, 15) is 15.0 Å². The molecular weight excluding hydrogens is 468 g/mol. The number of carbonyl (C=O) groups is 1. The number of carboxylic acid groups (broad SMARTS) is 1. The van der Waals surface area contributed by atoms with Gasteiger partial charge in [0.2, 0.25) is 0 Å². The van der Waals surface area contributed by atoms with E-state index >= 15 is 0 Å². The van der Waals surface area contributed by atoms with E-state index in [-0.39, 0.29) is 16.7 Å². The standard InChI is InChI=1S/C35H62O3/c1-8-9-10-11-12-13-14-15-16-17-18-19-20-21-22-23-24-29(33(37)38)27-28-25-26-30(36)32(35(5,6)7)31(28)34(2,3)4/h25-26,29,36H,8-24,27H2,1-7H3,(H,37,38). The van der Waals surface area contributed by atoms with Gasteiger partial charge >= 0.3 is 5.97 Å². The van der Waals surface area contributed by atoms with Crippen LogP contribution in [0.3, 0.4) is 0 Å². The number of aliphatic carboxylic acids is 1. The first kappa shape index (κ1) is 34.5. The topological polar surface area (TPSA) is 57.5 Å². The molecule has 0 bridgehead atoms. The summed E-state index contributed by atoms with van der Waals surface area (Å²) in [5.41, 5.74) is 2.75. The van der Waals surface area contributed by atoms with Gasteiger partial charge < -0.3 is 10.2 Å². The molecule has 0 heterocycles. The number of phenols is 1. The van der Waals surface area contributed by atoms with Gasteiger partial charge in [0.15, 0.2) is 0 Å². The second-order valence-electron chi connectivity index (χ2n) is 13.8. The van der Waals surface area contributed by atoms with Crippen molar-refractivity contribution in [1.82, 2.24) is 0 Å². The Hall–Kier alpha value is -1.51. The van der Waals surface area contributed by atoms with Gasteiger partial charge in [-0.3, -0.25) is 4.79 Å². The quantitative estimate of drug-likeness (QED) is 0.165. The van der Waals surface area contributed by atoms with Gasteiger partial charge in [-0.15, -0.1) is 0 Å². The molecule has 0 spiro atoms. The lowest BCUT2D eigenvalue weighted by Gasteiger charge is -2.33. The maximum atomic E-state index is 12.2. The van der Waals surface area contributed by atoms with Crippen LogP contribution in [0.4, 0.5) is 0 Å². The molecule has 0 radical (unpaired) electrons. The Balaban J connectivity index is 2.38. The van der Waals surface area contributed by atoms with Crippen LogP contribution in [0.5, 0.6) is 5.75 Å². The number of aromatic hydroxyl groups is 1. The Morgan fingerprint density at radius 3 is 1.42 bits per heavy atom. The predicted molar refractivity (Wildman–Crippen MR) is 164 cm³/mol. The van der Waals surface area contributed by atoms with Crippen LogP contribution >= 0.6 is 0 Å². The maximum Gasteiger partial charge on any atom is 0.306 e. The lowest BCUT2D eigenvalue weighted by molar-refractivity contribution is -0.142. The molecule has 0 aliphatic rings. The highest BCUT2D eigenvalue weighted by Crippen LogP contribution is 2.42. The zero-order valence-corrected chi connectivity index (χ0v) is 26.3. The third kappa shape index (κ3) is 13.5. The molecule has 3 nitrogen and oxygen atoms in total. The van der Waals surface area contributed by atoms with Crippen LogP contribution in [0.15, 0.2) is 12.1 Å². The first-order valence-electron chi connectivity index (χ1n) is 16.0. The SMILES string of the molecule is CCCCCCCCCCCCCCCCCCC(Cc1ccc(O)c(C(C)(C)C)c1C(C)(C)C)C(=O)O. The highest BCUT2D eigenvalue weighted by molar-refractivity contribution is 5.70. The minimum Gasteiger partial charge on any atom is -0.508 e. The van der Waals surface area contributed by atoms with Crippen LogP contribution < -0.4 is 0 Å². The second-order valence-corrected chi connectivity index (χ2v) is 13.8. The van der Waals surface area contributed by atoms with Crippen molar-refractivity contribution >= 4 is 5.97 Å². The number of phenolic OH excluding ortho intramolecular Hbond substituents is 1. The minimum atomic E-state index is -0.698. The zero-order valence-electron chi connectivity index (χ0n) is 26.3. The van der Waals surface area contributed by atoms with Crippen LogP contribution in [0.1, 0.15) is 174 Å². The van der Waals surface area contributed by atoms with Crippen LogP contribution in [0.2, 0.25) is 0 Å². The smallest absolute Gasteiger partial charge is 0.306 e. The summed E-state index contributed by atoms with van der Waals surface area (Å²) >= 11 is 0. The average Bonchev–Trinajstić information content (AvgIpc) is 2.82. The molecule has 1 aromatic carbocycles. The van der Waals surface area contributed by atoms with Crippen molar-refractivity contribution in [2.45, 2.75) is 175 Å². The Morgan fingerprint density at radius 2 is 1.05 bits per heavy atom. The number of benzene rings is 1. The average molecular weight is 531 g/mol. The maximum absolute atomic E-state index is 12.2. The Labute approximate surface area is 236 Å². The van der Waals surface area contributed by atoms with E-state index in [0.717, 1.165) is 36.0 Å². The van der Waals surface area contributed by atoms with Crippen molar-refractivity contribution in [2.75, 3.05) is 0 Å². The monoisotopic (exact) mass is 530 g/mol. The highest BCUT2D eigenvalue weighted by atomic mass is 16.4. The molecule has 38 heavy (non-hydrogen) atoms. The van der Waals surface area contributed by atoms with E-state index in [1.165, 1.54) is 89.9 Å². The van der Waals surface area contributed by atoms with Crippen LogP contribution in [0.25, 0.3) is 0 Å². The van der Waals surface area contributed by atoms with Crippen LogP contribution in [0, 0.1) is 5.92 Å². The van der Waals surface area contributed by atoms with Crippen LogP contribution in [-0.4, -0.2) is 16.2 Å². The molecule has 0 aliphatic heterocycles. The molecule has 1 aromatic rings. The normalized spacial score (nSPS) is 13.1. The first-order valence-corrected chi connectivity index (χ1v) is 16.0. The lowest BCUT2D eigenvalue weighted by Crippen LogP contribution is -2.26. The van der Waals surface area contributed by atoms with Gasteiger partial charge in [0.25, 0.3) is 0 Å². The van der Waals surface area contributed by atoms with E-state index in [2.05, 4.69) is 48.5 Å². The van der Waals surface area contributed by atoms with Gasteiger partial charge in [0.1, 0.15) is 5.75 Å². The summed E-state index contributed by atoms with van der Waals surface area (Å²) in [7, 11) is 0. The molecule has 0 amide bonds. The summed E-state index contributed by atoms with van der Waals surface area (Å²) in [6, 6.07) is 3.72. The van der Waals surface area contributed by atoms with E-state index in [1.54, 1.807) is 6.07 Å². The minimum absolute atomic E-state index is 0.173. The molecule has 1 unspecified atom stereocenters. The third-order valence-corrected chi connectivity index (χ3v) is 7.99. The molecule has 2 N–H and O–H groups in total. The Kier molecular flexibility index (Phi) is 16.3. The molecular formula is C35H62O3. The van der Waals surface area contributed by atoms with E-state index in [4.69, 9.17) is 0 Å². The van der Waals surface area contributed by atoms with E-state index < -0.39 is 5.97 Å². The Morgan fingerprint density at radius 1 is 0.658 bits per heavy atom. The summed E-state index contributed by atoms with van der Waals surface area (Å²) in [5, 5.41) is 20.7. The second kappa shape index (κ2) is 18.0. The van der Waals surface area contributed by atoms with Crippen molar-refractivity contribution in [3.63, 3.8) is 0 Å². The third-order valence-electron chi connectivity index (χ3n) is 7.99. The lowest BCUT2D eigenvalue weighted by atomic mass is 9.71. The molecule has 0 saturated heterocycles. The van der Waals surface area contributed by atoms with Gasteiger partial charge in [-0.25, -0.2) is 0 Å². The van der Waals surface area contributed by atoms with E-state index in [0.29, 0.717) is 12.2 Å². The largest absolute Gasteiger partial charge is 0.508 e. The van der Waals surface area contributed by atoms with Crippen LogP contribution in [-0.2, 0) is 22.0 Å². The van der Waals surface area contributed by atoms with Crippen molar-refractivity contribution < 1.29 is 15.0 Å². The van der Waals surface area contributed by atoms with Gasteiger partial charge in [0, 0.05) is 5.56 Å². The fraction of sp³-hybridized carbons (Fsp3) is 0.800. The summed E-state index contributed by atoms with van der Waals surface area (Å²) < 4.78 is 0. The molecule has 3 heteroatoms. The summed E-state index contributed by atoms with van der Waals surface area (Å²) in [4.78, 5) is 12.2. The molecule has 220 valence electrons. The van der Waals surface area contributed by atoms with Crippen molar-refractivity contribution in [3.05, 3.63) is 28.8 Å². The summed E-state index contributed by atoms with van der Waals surface area (Å²) in [6.07, 6.45) is 22.5. The molecule has 0 aliphatic carbocycles. The zero-order chi connectivity index (χ0) is 28.6. The fourth-order valence-corrected chi connectivity index (χ4v) is 5.94. The molecule has 0 fully saturated rings. The van der Waals surface area contributed by atoms with Gasteiger partial charge in [-0.05, 0) is 40.9 Å². The predicted octanol–water partition coefficient (Wildman–Crippen LogP) is 10.9. The highest BCUT2D eigenvalue weighted by Gasteiger charge is 2.31. The number of unbranched alkanes of at least 4 members (excludes halogenated alkanes) is 15. The molecule has 0 saturated carbocycles. The molecule has 0 aromatic heterocycles. The number of rotatable bonds is 20. The van der Waals surface area contributed by atoms with E-state index in [1.807, 2.05) is 6.07 Å². The number of hydrogen-bond donors (Lipinski definition) is 2. The number of carboxylic acids is 1. The summed E-state index contributed by atoms with van der Waals surface area (Å²) in [6.45, 7) is 15.1. The van der Waals surface area contributed by atoms with Crippen molar-refractivity contribution in [3.8, 4) is 5.75 Å². The van der Waals surface area contributed by atoms with Gasteiger partial charge in [0.05, 0.1) is 5.92 Å². The molecule has 1 atom stereocenters. The number of hydrogen-bond acceptors (Lipinski definition) is 2. The van der Waals surface area contributed by atoms with Gasteiger partial charge in [-0.1, -0.05) is 157 Å². The first-order chi connectivity index (χ1) is 17.9. The fourth-order valence-electron chi connectivity index (χ4n) is 5.94. The van der Waals surface area contributed by atoms with Crippen molar-refractivity contribution in [2.24, 2.45) is 5.92 Å². The van der Waals surface area contributed by atoms with Gasteiger partial charge in [-0.2, -0.15) is 0 Å². The Bertz CT molecular complexity index is 782. The van der Waals surface area contributed by atoms with Crippen molar-refractivity contribution in [1.29, 1.82) is 0 Å². The summed E-state index contributed by atoms with van der Waals surface area (Å²) in [5.74, 6) is -0.757. The molecule has 1 rings (SSSR count).